The second kappa shape index (κ2) is 5.24. The van der Waals surface area contributed by atoms with Crippen molar-refractivity contribution in [1.82, 2.24) is 0 Å². The lowest BCUT2D eigenvalue weighted by molar-refractivity contribution is 0.637. The topological polar surface area (TPSA) is 27.0 Å². The van der Waals surface area contributed by atoms with Crippen LogP contribution < -0.4 is 4.90 Å². The summed E-state index contributed by atoms with van der Waals surface area (Å²) in [6, 6.07) is 8.50. The van der Waals surface area contributed by atoms with Gasteiger partial charge in [-0.3, -0.25) is 0 Å². The van der Waals surface area contributed by atoms with Crippen LogP contribution in [0.15, 0.2) is 18.2 Å². The Morgan fingerprint density at radius 3 is 2.83 bits per heavy atom. The van der Waals surface area contributed by atoms with Crippen molar-refractivity contribution in [2.24, 2.45) is 0 Å². The molecule has 1 aromatic carbocycles. The molecule has 1 heterocycles. The average molecular weight is 260 g/mol. The molecule has 0 radical (unpaired) electrons. The van der Waals surface area contributed by atoms with Crippen molar-refractivity contribution >= 4 is 17.4 Å². The summed E-state index contributed by atoms with van der Waals surface area (Å²) in [7, 11) is 0. The molecular weight excluding hydrogens is 240 g/mol. The molecule has 1 aliphatic heterocycles. The number of hydrogen-bond acceptors (Lipinski definition) is 3. The van der Waals surface area contributed by atoms with Gasteiger partial charge in [-0.25, -0.2) is 0 Å². The van der Waals surface area contributed by atoms with Crippen LogP contribution in [0.3, 0.4) is 0 Å². The first-order valence-electron chi connectivity index (χ1n) is 6.41. The maximum atomic E-state index is 9.26. The number of hydrogen-bond donors (Lipinski definition) is 0. The molecule has 1 aromatic rings. The molecule has 2 rings (SSSR count). The lowest BCUT2D eigenvalue weighted by Crippen LogP contribution is -2.27. The van der Waals surface area contributed by atoms with Gasteiger partial charge in [-0.2, -0.15) is 17.0 Å². The summed E-state index contributed by atoms with van der Waals surface area (Å²) < 4.78 is 0.353. The summed E-state index contributed by atoms with van der Waals surface area (Å²) in [6.07, 6.45) is 1.16. The summed E-state index contributed by atoms with van der Waals surface area (Å²) in [5.41, 5.74) is 3.06. The van der Waals surface area contributed by atoms with Crippen LogP contribution in [0.25, 0.3) is 0 Å². The monoisotopic (exact) mass is 260 g/mol. The maximum Gasteiger partial charge on any atom is 0.101 e. The first kappa shape index (κ1) is 13.3. The van der Waals surface area contributed by atoms with Crippen molar-refractivity contribution in [1.29, 1.82) is 5.26 Å². The SMILES string of the molecule is Cc1ccc(N2CCSC(C)(C)CC2)c(C#N)c1. The van der Waals surface area contributed by atoms with Gasteiger partial charge in [-0.05, 0) is 31.0 Å². The average Bonchev–Trinajstić information content (AvgIpc) is 2.50. The van der Waals surface area contributed by atoms with Crippen LogP contribution in [-0.2, 0) is 0 Å². The second-order valence-electron chi connectivity index (χ2n) is 5.48. The Morgan fingerprint density at radius 1 is 1.33 bits per heavy atom. The van der Waals surface area contributed by atoms with E-state index >= 15 is 0 Å². The Hall–Kier alpha value is -1.14. The van der Waals surface area contributed by atoms with Crippen molar-refractivity contribution in [3.8, 4) is 6.07 Å². The Morgan fingerprint density at radius 2 is 2.11 bits per heavy atom. The quantitative estimate of drug-likeness (QED) is 0.772. The Bertz CT molecular complexity index is 474. The molecule has 0 N–H and O–H groups in total. The minimum Gasteiger partial charge on any atom is -0.370 e. The predicted molar refractivity (Wildman–Crippen MR) is 79.3 cm³/mol. The van der Waals surface area contributed by atoms with E-state index in [4.69, 9.17) is 0 Å². The zero-order valence-electron chi connectivity index (χ0n) is 11.4. The van der Waals surface area contributed by atoms with E-state index in [-0.39, 0.29) is 0 Å². The second-order valence-corrected chi connectivity index (χ2v) is 7.28. The fourth-order valence-corrected chi connectivity index (χ4v) is 3.38. The molecule has 2 nitrogen and oxygen atoms in total. The van der Waals surface area contributed by atoms with Gasteiger partial charge < -0.3 is 4.90 Å². The molecule has 0 bridgehead atoms. The minimum atomic E-state index is 0.353. The zero-order valence-corrected chi connectivity index (χ0v) is 12.2. The van der Waals surface area contributed by atoms with E-state index in [9.17, 15) is 5.26 Å². The molecule has 0 amide bonds. The molecule has 1 saturated heterocycles. The molecule has 0 unspecified atom stereocenters. The largest absolute Gasteiger partial charge is 0.370 e. The van der Waals surface area contributed by atoms with E-state index in [0.717, 1.165) is 42.1 Å². The lowest BCUT2D eigenvalue weighted by Gasteiger charge is -2.25. The van der Waals surface area contributed by atoms with Crippen molar-refractivity contribution in [2.75, 3.05) is 23.7 Å². The van der Waals surface area contributed by atoms with E-state index < -0.39 is 0 Å². The first-order valence-corrected chi connectivity index (χ1v) is 7.40. The molecule has 0 spiro atoms. The maximum absolute atomic E-state index is 9.26. The molecule has 0 aliphatic carbocycles. The van der Waals surface area contributed by atoms with Gasteiger partial charge in [-0.1, -0.05) is 19.9 Å². The molecule has 0 aromatic heterocycles. The van der Waals surface area contributed by atoms with Gasteiger partial charge in [-0.15, -0.1) is 0 Å². The van der Waals surface area contributed by atoms with Crippen LogP contribution in [0.1, 0.15) is 31.4 Å². The number of aryl methyl sites for hydroxylation is 1. The normalized spacial score (nSPS) is 19.1. The van der Waals surface area contributed by atoms with Crippen LogP contribution in [0.5, 0.6) is 0 Å². The highest BCUT2D eigenvalue weighted by Crippen LogP contribution is 2.33. The van der Waals surface area contributed by atoms with Crippen molar-refractivity contribution in [2.45, 2.75) is 31.9 Å². The minimum absolute atomic E-state index is 0.353. The van der Waals surface area contributed by atoms with Crippen molar-refractivity contribution in [3.63, 3.8) is 0 Å². The Balaban J connectivity index is 2.24. The van der Waals surface area contributed by atoms with E-state index in [1.54, 1.807) is 0 Å². The van der Waals surface area contributed by atoms with E-state index in [1.165, 1.54) is 0 Å². The molecular formula is C15H20N2S. The van der Waals surface area contributed by atoms with E-state index in [0.29, 0.717) is 4.75 Å². The standard InChI is InChI=1S/C15H20N2S/c1-12-4-5-14(13(10-12)11-16)17-7-6-15(2,3)18-9-8-17/h4-5,10H,6-9H2,1-3H3. The highest BCUT2D eigenvalue weighted by molar-refractivity contribution is 8.00. The third-order valence-corrected chi connectivity index (χ3v) is 4.82. The van der Waals surface area contributed by atoms with Gasteiger partial charge in [0.1, 0.15) is 6.07 Å². The fraction of sp³-hybridized carbons (Fsp3) is 0.533. The van der Waals surface area contributed by atoms with Crippen LogP contribution >= 0.6 is 11.8 Å². The molecule has 18 heavy (non-hydrogen) atoms. The highest BCUT2D eigenvalue weighted by atomic mass is 32.2. The van der Waals surface area contributed by atoms with Gasteiger partial charge in [0.05, 0.1) is 11.3 Å². The molecule has 1 aliphatic rings. The summed E-state index contributed by atoms with van der Waals surface area (Å²) >= 11 is 2.03. The highest BCUT2D eigenvalue weighted by Gasteiger charge is 2.24. The third-order valence-electron chi connectivity index (χ3n) is 3.45. The lowest BCUT2D eigenvalue weighted by atomic mass is 10.1. The summed E-state index contributed by atoms with van der Waals surface area (Å²) in [6.45, 7) is 8.72. The van der Waals surface area contributed by atoms with Crippen LogP contribution in [0, 0.1) is 18.3 Å². The van der Waals surface area contributed by atoms with Gasteiger partial charge in [0.15, 0.2) is 0 Å². The molecule has 3 heteroatoms. The summed E-state index contributed by atoms with van der Waals surface area (Å²) in [4.78, 5) is 2.36. The number of nitrogens with zero attached hydrogens (tertiary/aromatic N) is 2. The zero-order chi connectivity index (χ0) is 13.2. The smallest absolute Gasteiger partial charge is 0.101 e. The molecule has 96 valence electrons. The Kier molecular flexibility index (Phi) is 3.87. The van der Waals surface area contributed by atoms with Crippen molar-refractivity contribution in [3.05, 3.63) is 29.3 Å². The van der Waals surface area contributed by atoms with Gasteiger partial charge >= 0.3 is 0 Å². The van der Waals surface area contributed by atoms with E-state index in [1.807, 2.05) is 24.8 Å². The molecule has 0 saturated carbocycles. The Labute approximate surface area is 114 Å². The van der Waals surface area contributed by atoms with Crippen LogP contribution in [-0.4, -0.2) is 23.6 Å². The van der Waals surface area contributed by atoms with Crippen LogP contribution in [0.2, 0.25) is 0 Å². The molecule has 0 atom stereocenters. The van der Waals surface area contributed by atoms with E-state index in [2.05, 4.69) is 36.9 Å². The number of rotatable bonds is 1. The number of anilines is 1. The first-order chi connectivity index (χ1) is 8.52. The number of nitriles is 1. The molecule has 1 fully saturated rings. The summed E-state index contributed by atoms with van der Waals surface area (Å²) in [5, 5.41) is 9.26. The van der Waals surface area contributed by atoms with Gasteiger partial charge in [0.25, 0.3) is 0 Å². The fourth-order valence-electron chi connectivity index (χ4n) is 2.28. The summed E-state index contributed by atoms with van der Waals surface area (Å²) in [5.74, 6) is 1.13. The van der Waals surface area contributed by atoms with Gasteiger partial charge in [0.2, 0.25) is 0 Å². The predicted octanol–water partition coefficient (Wildman–Crippen LogP) is 3.59. The van der Waals surface area contributed by atoms with Crippen LogP contribution in [0.4, 0.5) is 5.69 Å². The number of thioether (sulfide) groups is 1. The number of benzene rings is 1. The van der Waals surface area contributed by atoms with Crippen molar-refractivity contribution < 1.29 is 0 Å². The van der Waals surface area contributed by atoms with Gasteiger partial charge in [0, 0.05) is 23.6 Å². The third kappa shape index (κ3) is 3.00.